The van der Waals surface area contributed by atoms with E-state index >= 15 is 0 Å². The van der Waals surface area contributed by atoms with Crippen LogP contribution in [0.4, 0.5) is 5.69 Å². The fourth-order valence-electron chi connectivity index (χ4n) is 4.67. The summed E-state index contributed by atoms with van der Waals surface area (Å²) < 4.78 is 34.4. The number of hydrogen-bond donors (Lipinski definition) is 1. The predicted molar refractivity (Wildman–Crippen MR) is 162 cm³/mol. The average molecular weight is 580 g/mol. The lowest BCUT2D eigenvalue weighted by Gasteiger charge is -2.33. The van der Waals surface area contributed by atoms with Gasteiger partial charge in [0, 0.05) is 13.1 Å². The molecule has 1 N–H and O–H groups in total. The molecule has 0 aromatic heterocycles. The van der Waals surface area contributed by atoms with E-state index < -0.39 is 28.5 Å². The van der Waals surface area contributed by atoms with E-state index in [0.717, 1.165) is 33.8 Å². The van der Waals surface area contributed by atoms with Crippen LogP contribution in [-0.4, -0.2) is 51.4 Å². The van der Waals surface area contributed by atoms with Crippen molar-refractivity contribution in [2.24, 2.45) is 0 Å². The smallest absolute Gasteiger partial charge is 0.264 e. The third-order valence-electron chi connectivity index (χ3n) is 6.96. The largest absolute Gasteiger partial charge is 0.497 e. The Morgan fingerprint density at radius 3 is 2.22 bits per heavy atom. The van der Waals surface area contributed by atoms with Crippen LogP contribution in [0.3, 0.4) is 0 Å². The quantitative estimate of drug-likeness (QED) is 0.264. The van der Waals surface area contributed by atoms with Crippen LogP contribution in [0.2, 0.25) is 0 Å². The SMILES string of the molecule is CCCCNC(=O)C(CC)N(Cc1ccc(OC)cc1)C(=O)CN(c1ccc(C)cc1C)S(=O)(=O)c1ccccc1. The highest BCUT2D eigenvalue weighted by Crippen LogP contribution is 2.28. The molecule has 9 heteroatoms. The molecule has 0 heterocycles. The number of hydrogen-bond acceptors (Lipinski definition) is 5. The second-order valence-corrected chi connectivity index (χ2v) is 11.9. The minimum absolute atomic E-state index is 0.0822. The van der Waals surface area contributed by atoms with Gasteiger partial charge in [0.1, 0.15) is 18.3 Å². The first-order valence-electron chi connectivity index (χ1n) is 14.0. The molecule has 0 saturated heterocycles. The van der Waals surface area contributed by atoms with Crippen molar-refractivity contribution >= 4 is 27.5 Å². The van der Waals surface area contributed by atoms with E-state index in [-0.39, 0.29) is 17.3 Å². The molecule has 1 atom stereocenters. The van der Waals surface area contributed by atoms with E-state index in [0.29, 0.717) is 24.4 Å². The van der Waals surface area contributed by atoms with Crippen LogP contribution >= 0.6 is 0 Å². The van der Waals surface area contributed by atoms with Gasteiger partial charge in [0.2, 0.25) is 11.8 Å². The second kappa shape index (κ2) is 14.7. The number of rotatable bonds is 14. The summed E-state index contributed by atoms with van der Waals surface area (Å²) in [7, 11) is -2.52. The molecule has 3 aromatic rings. The van der Waals surface area contributed by atoms with Crippen molar-refractivity contribution in [1.29, 1.82) is 0 Å². The summed E-state index contributed by atoms with van der Waals surface area (Å²) in [5, 5.41) is 2.95. The highest BCUT2D eigenvalue weighted by molar-refractivity contribution is 7.92. The lowest BCUT2D eigenvalue weighted by atomic mass is 10.1. The molecule has 0 aliphatic rings. The summed E-state index contributed by atoms with van der Waals surface area (Å²) in [6, 6.07) is 20.0. The highest BCUT2D eigenvalue weighted by atomic mass is 32.2. The zero-order valence-electron chi connectivity index (χ0n) is 24.6. The van der Waals surface area contributed by atoms with Gasteiger partial charge in [-0.15, -0.1) is 0 Å². The molecule has 3 rings (SSSR count). The van der Waals surface area contributed by atoms with E-state index in [1.807, 2.05) is 52.0 Å². The molecule has 41 heavy (non-hydrogen) atoms. The maximum Gasteiger partial charge on any atom is 0.264 e. The van der Waals surface area contributed by atoms with Crippen molar-refractivity contribution in [2.45, 2.75) is 64.4 Å². The van der Waals surface area contributed by atoms with Gasteiger partial charge in [0.15, 0.2) is 0 Å². The van der Waals surface area contributed by atoms with Gasteiger partial charge >= 0.3 is 0 Å². The molecule has 220 valence electrons. The van der Waals surface area contributed by atoms with E-state index in [4.69, 9.17) is 4.74 Å². The number of sulfonamides is 1. The van der Waals surface area contributed by atoms with Crippen LogP contribution in [0, 0.1) is 13.8 Å². The van der Waals surface area contributed by atoms with Crippen molar-refractivity contribution in [1.82, 2.24) is 10.2 Å². The number of nitrogens with zero attached hydrogens (tertiary/aromatic N) is 2. The minimum atomic E-state index is -4.10. The topological polar surface area (TPSA) is 96.0 Å². The number of anilines is 1. The van der Waals surface area contributed by atoms with Crippen LogP contribution in [0.1, 0.15) is 49.8 Å². The molecule has 0 saturated carbocycles. The molecular weight excluding hydrogens is 538 g/mol. The lowest BCUT2D eigenvalue weighted by Crippen LogP contribution is -2.52. The highest BCUT2D eigenvalue weighted by Gasteiger charge is 2.34. The third kappa shape index (κ3) is 8.10. The Balaban J connectivity index is 2.05. The standard InChI is InChI=1S/C32H41N3O5S/c1-6-8-20-33-32(37)29(7-2)34(22-26-15-17-27(40-5)18-16-26)31(36)23-35(30-19-14-24(3)21-25(30)4)41(38,39)28-12-10-9-11-13-28/h9-19,21,29H,6-8,20,22-23H2,1-5H3,(H,33,37). The monoisotopic (exact) mass is 579 g/mol. The Morgan fingerprint density at radius 2 is 1.63 bits per heavy atom. The first-order chi connectivity index (χ1) is 19.6. The van der Waals surface area contributed by atoms with Crippen molar-refractivity contribution in [3.05, 3.63) is 89.5 Å². The average Bonchev–Trinajstić information content (AvgIpc) is 2.97. The van der Waals surface area contributed by atoms with E-state index in [1.54, 1.807) is 43.5 Å². The normalized spacial score (nSPS) is 11.9. The van der Waals surface area contributed by atoms with Crippen molar-refractivity contribution in [2.75, 3.05) is 24.5 Å². The van der Waals surface area contributed by atoms with E-state index in [1.165, 1.54) is 17.0 Å². The van der Waals surface area contributed by atoms with Crippen molar-refractivity contribution < 1.29 is 22.7 Å². The number of carbonyl (C=O) groups excluding carboxylic acids is 2. The van der Waals surface area contributed by atoms with Crippen LogP contribution < -0.4 is 14.4 Å². The Morgan fingerprint density at radius 1 is 0.951 bits per heavy atom. The molecule has 0 bridgehead atoms. The Kier molecular flexibility index (Phi) is 11.3. The molecule has 0 radical (unpaired) electrons. The molecule has 3 aromatic carbocycles. The zero-order valence-corrected chi connectivity index (χ0v) is 25.4. The van der Waals surface area contributed by atoms with Gasteiger partial charge < -0.3 is 15.0 Å². The summed E-state index contributed by atoms with van der Waals surface area (Å²) in [5.41, 5.74) is 2.91. The van der Waals surface area contributed by atoms with E-state index in [2.05, 4.69) is 5.32 Å². The molecule has 0 spiro atoms. The number of carbonyl (C=O) groups is 2. The van der Waals surface area contributed by atoms with Crippen LogP contribution in [-0.2, 0) is 26.2 Å². The van der Waals surface area contributed by atoms with Gasteiger partial charge in [0.05, 0.1) is 17.7 Å². The van der Waals surface area contributed by atoms with Crippen LogP contribution in [0.25, 0.3) is 0 Å². The van der Waals surface area contributed by atoms with Gasteiger partial charge in [-0.3, -0.25) is 13.9 Å². The van der Waals surface area contributed by atoms with E-state index in [9.17, 15) is 18.0 Å². The Hall–Kier alpha value is -3.85. The minimum Gasteiger partial charge on any atom is -0.497 e. The number of unbranched alkanes of at least 4 members (excludes halogenated alkanes) is 1. The summed E-state index contributed by atoms with van der Waals surface area (Å²) in [5.74, 6) is -0.0597. The summed E-state index contributed by atoms with van der Waals surface area (Å²) in [6.07, 6.45) is 2.12. The van der Waals surface area contributed by atoms with Crippen LogP contribution in [0.15, 0.2) is 77.7 Å². The predicted octanol–water partition coefficient (Wildman–Crippen LogP) is 5.23. The Labute approximate surface area is 244 Å². The van der Waals surface area contributed by atoms with Gasteiger partial charge in [-0.2, -0.15) is 0 Å². The number of amides is 2. The molecular formula is C32H41N3O5S. The van der Waals surface area contributed by atoms with Gasteiger partial charge in [0.25, 0.3) is 10.0 Å². The second-order valence-electron chi connectivity index (χ2n) is 10.1. The number of aryl methyl sites for hydroxylation is 2. The fraction of sp³-hybridized carbons (Fsp3) is 0.375. The summed E-state index contributed by atoms with van der Waals surface area (Å²) in [6.45, 7) is 7.82. The first-order valence-corrected chi connectivity index (χ1v) is 15.4. The van der Waals surface area contributed by atoms with Gasteiger partial charge in [-0.1, -0.05) is 68.3 Å². The molecule has 0 fully saturated rings. The maximum absolute atomic E-state index is 14.2. The first kappa shape index (κ1) is 31.7. The van der Waals surface area contributed by atoms with Crippen molar-refractivity contribution in [3.63, 3.8) is 0 Å². The van der Waals surface area contributed by atoms with Gasteiger partial charge in [-0.25, -0.2) is 8.42 Å². The zero-order chi connectivity index (χ0) is 30.0. The van der Waals surface area contributed by atoms with Gasteiger partial charge in [-0.05, 0) is 68.1 Å². The molecule has 0 aliphatic heterocycles. The van der Waals surface area contributed by atoms with Crippen LogP contribution in [0.5, 0.6) is 5.75 Å². The fourth-order valence-corrected chi connectivity index (χ4v) is 6.17. The number of methoxy groups -OCH3 is 1. The number of benzene rings is 3. The number of ether oxygens (including phenoxy) is 1. The summed E-state index contributed by atoms with van der Waals surface area (Å²) >= 11 is 0. The number of nitrogens with one attached hydrogen (secondary N) is 1. The lowest BCUT2D eigenvalue weighted by molar-refractivity contribution is -0.140. The molecule has 2 amide bonds. The Bertz CT molecular complexity index is 1410. The third-order valence-corrected chi connectivity index (χ3v) is 8.73. The molecule has 1 unspecified atom stereocenters. The maximum atomic E-state index is 14.2. The molecule has 0 aliphatic carbocycles. The summed E-state index contributed by atoms with van der Waals surface area (Å²) in [4.78, 5) is 29.0. The molecule has 8 nitrogen and oxygen atoms in total. The van der Waals surface area contributed by atoms with Crippen molar-refractivity contribution in [3.8, 4) is 5.75 Å².